The highest BCUT2D eigenvalue weighted by Crippen LogP contribution is 2.38. The number of esters is 2. The molecule has 0 N–H and O–H groups in total. The van der Waals surface area contributed by atoms with Crippen molar-refractivity contribution in [1.82, 2.24) is 9.29 Å². The number of nitrogens with zero attached hydrogens (tertiary/aromatic N) is 2. The van der Waals surface area contributed by atoms with Gasteiger partial charge in [-0.1, -0.05) is 35.3 Å². The molecule has 16 heteroatoms. The van der Waals surface area contributed by atoms with Gasteiger partial charge in [-0.3, -0.25) is 14.0 Å². The Bertz CT molecular complexity index is 1750. The number of alkyl halides is 2. The molecule has 0 saturated heterocycles. The van der Waals surface area contributed by atoms with E-state index in [1.807, 2.05) is 0 Å². The summed E-state index contributed by atoms with van der Waals surface area (Å²) in [5.74, 6) is -0.747. The van der Waals surface area contributed by atoms with Gasteiger partial charge in [0.05, 0.1) is 28.8 Å². The highest BCUT2D eigenvalue weighted by molar-refractivity contribution is 7.76. The van der Waals surface area contributed by atoms with Crippen LogP contribution in [0, 0.1) is 11.8 Å². The number of hydrogen-bond donors (Lipinski definition) is 0. The molecular formula is C36H39Cl2F2N2O9S-. The highest BCUT2D eigenvalue weighted by atomic mass is 35.5. The highest BCUT2D eigenvalue weighted by Gasteiger charge is 2.28. The van der Waals surface area contributed by atoms with Gasteiger partial charge >= 0.3 is 18.6 Å². The van der Waals surface area contributed by atoms with Crippen molar-refractivity contribution < 1.29 is 50.8 Å². The summed E-state index contributed by atoms with van der Waals surface area (Å²) >= 11 is 10.1. The second-order valence-electron chi connectivity index (χ2n) is 13.7. The van der Waals surface area contributed by atoms with E-state index < -0.39 is 48.1 Å². The number of rotatable bonds is 18. The molecule has 0 spiro atoms. The summed E-state index contributed by atoms with van der Waals surface area (Å²) in [5, 5.41) is 0.450. The number of carbonyl (C=O) groups is 2. The number of halogens is 4. The van der Waals surface area contributed by atoms with Gasteiger partial charge in [-0.05, 0) is 93.7 Å². The normalized spacial score (nSPS) is 15.7. The van der Waals surface area contributed by atoms with Crippen LogP contribution in [0.4, 0.5) is 8.78 Å². The van der Waals surface area contributed by atoms with Crippen LogP contribution in [0.5, 0.6) is 17.2 Å². The molecule has 1 aromatic heterocycles. The molecule has 282 valence electrons. The third-order valence-electron chi connectivity index (χ3n) is 8.08. The summed E-state index contributed by atoms with van der Waals surface area (Å²) < 4.78 is 79.6. The quantitative estimate of drug-likeness (QED) is 0.0935. The molecule has 2 fully saturated rings. The Balaban J connectivity index is 1.43. The lowest BCUT2D eigenvalue weighted by Gasteiger charge is -2.27. The topological polar surface area (TPSA) is 137 Å². The monoisotopic (exact) mass is 783 g/mol. The fraction of sp³-hybridized carbons (Fsp3) is 0.472. The number of carbonyl (C=O) groups excluding carboxylic acids is 2. The molecule has 2 aliphatic rings. The first-order valence-electron chi connectivity index (χ1n) is 16.7. The van der Waals surface area contributed by atoms with Crippen LogP contribution in [0.2, 0.25) is 10.0 Å². The minimum atomic E-state index is -3.09. The van der Waals surface area contributed by atoms with Gasteiger partial charge in [-0.15, -0.1) is 0 Å². The molecule has 2 saturated carbocycles. The zero-order valence-corrected chi connectivity index (χ0v) is 31.1. The lowest BCUT2D eigenvalue weighted by atomic mass is 10.0. The van der Waals surface area contributed by atoms with Gasteiger partial charge in [0, 0.05) is 42.2 Å². The average molecular weight is 785 g/mol. The van der Waals surface area contributed by atoms with Crippen molar-refractivity contribution in [2.45, 2.75) is 77.7 Å². The van der Waals surface area contributed by atoms with Crippen molar-refractivity contribution in [3.63, 3.8) is 0 Å². The molecule has 2 aliphatic carbocycles. The van der Waals surface area contributed by atoms with E-state index in [2.05, 4.69) is 4.98 Å². The van der Waals surface area contributed by atoms with Crippen LogP contribution >= 0.6 is 23.2 Å². The maximum atomic E-state index is 13.9. The Kier molecular flexibility index (Phi) is 13.3. The van der Waals surface area contributed by atoms with Crippen LogP contribution in [0.25, 0.3) is 0 Å². The number of hydrogen-bond acceptors (Lipinski definition) is 10. The van der Waals surface area contributed by atoms with Crippen molar-refractivity contribution in [3.8, 4) is 17.2 Å². The maximum absolute atomic E-state index is 13.9. The van der Waals surface area contributed by atoms with E-state index in [-0.39, 0.29) is 45.8 Å². The number of ether oxygens (including phenoxy) is 5. The van der Waals surface area contributed by atoms with E-state index in [1.165, 1.54) is 48.8 Å². The Labute approximate surface area is 313 Å². The van der Waals surface area contributed by atoms with Crippen LogP contribution in [-0.4, -0.2) is 62.0 Å². The summed E-state index contributed by atoms with van der Waals surface area (Å²) in [7, 11) is 0. The van der Waals surface area contributed by atoms with Crippen molar-refractivity contribution in [2.24, 2.45) is 11.8 Å². The smallest absolute Gasteiger partial charge is 0.387 e. The van der Waals surface area contributed by atoms with Gasteiger partial charge in [0.1, 0.15) is 24.0 Å². The van der Waals surface area contributed by atoms with E-state index in [1.54, 1.807) is 20.8 Å². The molecule has 2 atom stereocenters. The van der Waals surface area contributed by atoms with Gasteiger partial charge in [0.15, 0.2) is 11.5 Å². The van der Waals surface area contributed by atoms with E-state index >= 15 is 0 Å². The molecule has 0 radical (unpaired) electrons. The molecule has 0 aliphatic heterocycles. The third-order valence-corrected chi connectivity index (χ3v) is 9.41. The number of aromatic nitrogens is 1. The van der Waals surface area contributed by atoms with E-state index in [0.29, 0.717) is 41.7 Å². The van der Waals surface area contributed by atoms with Gasteiger partial charge in [-0.2, -0.15) is 8.78 Å². The van der Waals surface area contributed by atoms with Crippen LogP contribution in [-0.2, 0) is 38.5 Å². The lowest BCUT2D eigenvalue weighted by Crippen LogP contribution is -2.35. The Morgan fingerprint density at radius 3 is 2.17 bits per heavy atom. The summed E-state index contributed by atoms with van der Waals surface area (Å²) in [6.45, 7) is 1.82. The molecule has 2 aromatic carbocycles. The minimum absolute atomic E-state index is 0.0128. The van der Waals surface area contributed by atoms with Crippen molar-refractivity contribution >= 4 is 46.4 Å². The van der Waals surface area contributed by atoms with Crippen molar-refractivity contribution in [3.05, 3.63) is 81.1 Å². The molecular weight excluding hydrogens is 745 g/mol. The zero-order valence-electron chi connectivity index (χ0n) is 28.8. The molecule has 2 unspecified atom stereocenters. The average Bonchev–Trinajstić information content (AvgIpc) is 3.99. The SMILES string of the molecule is CC(C)(C)OC(=O)CN(Cc1ccc(C(=O)OC(Cc2c(Cl)cncc2Cl)c2ccc(OC(F)F)c(OCC3CC3)c2)cc1OCC1CC1)S(=O)[O-]. The molecule has 52 heavy (non-hydrogen) atoms. The van der Waals surface area contributed by atoms with Gasteiger partial charge in [0.2, 0.25) is 0 Å². The second kappa shape index (κ2) is 17.5. The van der Waals surface area contributed by atoms with Crippen LogP contribution in [0.1, 0.15) is 79.6 Å². The van der Waals surface area contributed by atoms with Crippen molar-refractivity contribution in [2.75, 3.05) is 19.8 Å². The molecule has 3 aromatic rings. The zero-order chi connectivity index (χ0) is 37.6. The number of pyridine rings is 1. The predicted molar refractivity (Wildman–Crippen MR) is 187 cm³/mol. The van der Waals surface area contributed by atoms with Gasteiger partial charge in [-0.25, -0.2) is 9.10 Å². The molecule has 0 amide bonds. The predicted octanol–water partition coefficient (Wildman–Crippen LogP) is 7.65. The first-order valence-corrected chi connectivity index (χ1v) is 18.5. The summed E-state index contributed by atoms with van der Waals surface area (Å²) in [5.41, 5.74) is 0.498. The molecule has 0 bridgehead atoms. The van der Waals surface area contributed by atoms with Crippen molar-refractivity contribution in [1.29, 1.82) is 0 Å². The Hall–Kier alpha value is -3.56. The minimum Gasteiger partial charge on any atom is -0.760 e. The van der Waals surface area contributed by atoms with Crippen LogP contribution in [0.3, 0.4) is 0 Å². The fourth-order valence-corrected chi connectivity index (χ4v) is 6.05. The van der Waals surface area contributed by atoms with Crippen LogP contribution in [0.15, 0.2) is 48.8 Å². The lowest BCUT2D eigenvalue weighted by molar-refractivity contribution is -0.155. The standard InChI is InChI=1S/C36H40Cl2F2N2O9S/c1-36(2,3)51-33(43)18-42(52(45)46)17-25-9-8-24(13-30(25)47-19-21-4-5-21)34(44)49-31(14-26-27(37)15-41-16-28(26)38)23-10-11-29(50-35(39)40)32(12-23)48-20-22-6-7-22/h8-13,15-16,21-22,31,35H,4-7,14,17-20H2,1-3H3,(H,45,46)/p-1. The number of benzene rings is 2. The first kappa shape index (κ1) is 39.6. The fourth-order valence-electron chi connectivity index (χ4n) is 5.07. The van der Waals surface area contributed by atoms with Gasteiger partial charge in [0.25, 0.3) is 0 Å². The van der Waals surface area contributed by atoms with Crippen LogP contribution < -0.4 is 14.2 Å². The van der Waals surface area contributed by atoms with E-state index in [9.17, 15) is 27.1 Å². The summed E-state index contributed by atoms with van der Waals surface area (Å²) in [6.07, 6.45) is 5.61. The Morgan fingerprint density at radius 1 is 0.962 bits per heavy atom. The third kappa shape index (κ3) is 12.0. The first-order chi connectivity index (χ1) is 24.6. The summed E-state index contributed by atoms with van der Waals surface area (Å²) in [6, 6.07) is 8.72. The molecule has 11 nitrogen and oxygen atoms in total. The summed E-state index contributed by atoms with van der Waals surface area (Å²) in [4.78, 5) is 30.3. The Morgan fingerprint density at radius 2 is 1.60 bits per heavy atom. The molecule has 5 rings (SSSR count). The van der Waals surface area contributed by atoms with Gasteiger partial charge < -0.3 is 28.2 Å². The largest absolute Gasteiger partial charge is 0.760 e. The maximum Gasteiger partial charge on any atom is 0.387 e. The van der Waals surface area contributed by atoms with E-state index in [0.717, 1.165) is 30.0 Å². The second-order valence-corrected chi connectivity index (χ2v) is 15.5. The van der Waals surface area contributed by atoms with E-state index in [4.69, 9.17) is 46.9 Å². The molecule has 1 heterocycles.